The topological polar surface area (TPSA) is 12.0 Å². The number of aryl methyl sites for hydroxylation is 1. The number of hydrogen-bond donors (Lipinski definition) is 1. The summed E-state index contributed by atoms with van der Waals surface area (Å²) >= 11 is 1.96. The summed E-state index contributed by atoms with van der Waals surface area (Å²) in [5.74, 6) is 1.13. The molecule has 1 atom stereocenters. The van der Waals surface area contributed by atoms with Crippen molar-refractivity contribution in [2.24, 2.45) is 5.41 Å². The van der Waals surface area contributed by atoms with Crippen LogP contribution in [-0.2, 0) is 0 Å². The average Bonchev–Trinajstić information content (AvgIpc) is 2.24. The second-order valence-electron chi connectivity index (χ2n) is 5.55. The molecule has 0 saturated carbocycles. The fourth-order valence-electron chi connectivity index (χ4n) is 1.75. The summed E-state index contributed by atoms with van der Waals surface area (Å²) in [6, 6.07) is 9.17. The summed E-state index contributed by atoms with van der Waals surface area (Å²) < 4.78 is 0. The van der Waals surface area contributed by atoms with Crippen molar-refractivity contribution >= 4 is 11.8 Å². The van der Waals surface area contributed by atoms with E-state index in [1.165, 1.54) is 10.5 Å². The Balaban J connectivity index is 2.61. The predicted molar refractivity (Wildman–Crippen MR) is 78.8 cm³/mol. The van der Waals surface area contributed by atoms with E-state index in [9.17, 15) is 0 Å². The summed E-state index contributed by atoms with van der Waals surface area (Å²) in [6.45, 7) is 12.3. The smallest absolute Gasteiger partial charge is 0.0210 e. The quantitative estimate of drug-likeness (QED) is 0.790. The minimum atomic E-state index is 0.311. The highest BCUT2D eigenvalue weighted by molar-refractivity contribution is 7.99. The Bertz CT molecular complexity index is 341. The molecule has 1 unspecified atom stereocenters. The van der Waals surface area contributed by atoms with Crippen molar-refractivity contribution < 1.29 is 0 Å². The van der Waals surface area contributed by atoms with E-state index in [0.717, 1.165) is 12.3 Å². The number of benzene rings is 1. The number of rotatable bonds is 5. The SMILES string of the molecule is CCNC(CSc1ccccc1C)C(C)(C)C. The maximum atomic E-state index is 3.59. The van der Waals surface area contributed by atoms with Crippen molar-refractivity contribution in [3.05, 3.63) is 29.8 Å². The molecule has 0 heterocycles. The molecular weight excluding hydrogens is 226 g/mol. The van der Waals surface area contributed by atoms with Gasteiger partial charge in [-0.1, -0.05) is 45.9 Å². The monoisotopic (exact) mass is 251 g/mol. The van der Waals surface area contributed by atoms with Gasteiger partial charge in [-0.05, 0) is 30.5 Å². The van der Waals surface area contributed by atoms with Gasteiger partial charge < -0.3 is 5.32 Å². The molecule has 0 amide bonds. The van der Waals surface area contributed by atoms with Crippen molar-refractivity contribution in [2.45, 2.75) is 45.6 Å². The maximum Gasteiger partial charge on any atom is 0.0210 e. The van der Waals surface area contributed by atoms with E-state index in [-0.39, 0.29) is 0 Å². The van der Waals surface area contributed by atoms with Crippen molar-refractivity contribution in [3.8, 4) is 0 Å². The highest BCUT2D eigenvalue weighted by Crippen LogP contribution is 2.28. The molecule has 0 aliphatic rings. The lowest BCUT2D eigenvalue weighted by Gasteiger charge is -2.31. The summed E-state index contributed by atoms with van der Waals surface area (Å²) in [4.78, 5) is 1.40. The molecule has 0 saturated heterocycles. The van der Waals surface area contributed by atoms with Gasteiger partial charge in [0.05, 0.1) is 0 Å². The van der Waals surface area contributed by atoms with Gasteiger partial charge in [-0.25, -0.2) is 0 Å². The van der Waals surface area contributed by atoms with Gasteiger partial charge in [0.2, 0.25) is 0 Å². The first-order valence-corrected chi connectivity index (χ1v) is 7.35. The zero-order valence-electron chi connectivity index (χ0n) is 11.7. The fourth-order valence-corrected chi connectivity index (χ4v) is 3.19. The Morgan fingerprint density at radius 3 is 2.41 bits per heavy atom. The molecular formula is C15H25NS. The van der Waals surface area contributed by atoms with Crippen LogP contribution in [0.5, 0.6) is 0 Å². The highest BCUT2D eigenvalue weighted by Gasteiger charge is 2.23. The molecule has 0 aromatic heterocycles. The second kappa shape index (κ2) is 6.46. The third kappa shape index (κ3) is 4.72. The number of thioether (sulfide) groups is 1. The van der Waals surface area contributed by atoms with Crippen molar-refractivity contribution in [3.63, 3.8) is 0 Å². The van der Waals surface area contributed by atoms with Crippen molar-refractivity contribution in [1.82, 2.24) is 5.32 Å². The Labute approximate surface area is 110 Å². The second-order valence-corrected chi connectivity index (χ2v) is 6.61. The molecule has 1 rings (SSSR count). The van der Waals surface area contributed by atoms with Gasteiger partial charge in [0.25, 0.3) is 0 Å². The molecule has 96 valence electrons. The minimum absolute atomic E-state index is 0.311. The predicted octanol–water partition coefficient (Wildman–Crippen LogP) is 4.11. The zero-order chi connectivity index (χ0) is 12.9. The molecule has 1 aromatic carbocycles. The molecule has 1 aromatic rings. The fraction of sp³-hybridized carbons (Fsp3) is 0.600. The lowest BCUT2D eigenvalue weighted by Crippen LogP contribution is -2.42. The number of nitrogens with one attached hydrogen (secondary N) is 1. The first-order valence-electron chi connectivity index (χ1n) is 6.37. The Hall–Kier alpha value is -0.470. The van der Waals surface area contributed by atoms with Gasteiger partial charge in [0, 0.05) is 16.7 Å². The van der Waals surface area contributed by atoms with Gasteiger partial charge in [-0.15, -0.1) is 11.8 Å². The molecule has 17 heavy (non-hydrogen) atoms. The largest absolute Gasteiger partial charge is 0.313 e. The van der Waals surface area contributed by atoms with Gasteiger partial charge in [0.1, 0.15) is 0 Å². The molecule has 0 aliphatic carbocycles. The molecule has 1 nitrogen and oxygen atoms in total. The van der Waals surface area contributed by atoms with Crippen LogP contribution in [0.15, 0.2) is 29.2 Å². The standard InChI is InChI=1S/C15H25NS/c1-6-16-14(15(3,4)5)11-17-13-10-8-7-9-12(13)2/h7-10,14,16H,6,11H2,1-5H3. The molecule has 0 fully saturated rings. The molecule has 0 bridgehead atoms. The minimum Gasteiger partial charge on any atom is -0.313 e. The van der Waals surface area contributed by atoms with Gasteiger partial charge >= 0.3 is 0 Å². The summed E-state index contributed by atoms with van der Waals surface area (Å²) in [5.41, 5.74) is 1.69. The maximum absolute atomic E-state index is 3.59. The van der Waals surface area contributed by atoms with Crippen LogP contribution in [0, 0.1) is 12.3 Å². The van der Waals surface area contributed by atoms with Crippen LogP contribution < -0.4 is 5.32 Å². The van der Waals surface area contributed by atoms with Crippen molar-refractivity contribution in [2.75, 3.05) is 12.3 Å². The van der Waals surface area contributed by atoms with E-state index < -0.39 is 0 Å². The molecule has 0 aliphatic heterocycles. The van der Waals surface area contributed by atoms with Crippen LogP contribution in [-0.4, -0.2) is 18.3 Å². The first-order chi connectivity index (χ1) is 7.95. The Kier molecular flexibility index (Phi) is 5.54. The molecule has 1 N–H and O–H groups in total. The van der Waals surface area contributed by atoms with Gasteiger partial charge in [-0.2, -0.15) is 0 Å². The Morgan fingerprint density at radius 2 is 1.88 bits per heavy atom. The van der Waals surface area contributed by atoms with Crippen LogP contribution in [0.3, 0.4) is 0 Å². The van der Waals surface area contributed by atoms with Crippen LogP contribution in [0.1, 0.15) is 33.3 Å². The summed E-state index contributed by atoms with van der Waals surface area (Å²) in [5, 5.41) is 3.59. The van der Waals surface area contributed by atoms with E-state index in [4.69, 9.17) is 0 Å². The summed E-state index contributed by atoms with van der Waals surface area (Å²) in [6.07, 6.45) is 0. The zero-order valence-corrected chi connectivity index (χ0v) is 12.5. The molecule has 0 radical (unpaired) electrons. The summed E-state index contributed by atoms with van der Waals surface area (Å²) in [7, 11) is 0. The highest BCUT2D eigenvalue weighted by atomic mass is 32.2. The molecule has 0 spiro atoms. The van der Waals surface area contributed by atoms with E-state index in [1.54, 1.807) is 0 Å². The lowest BCUT2D eigenvalue weighted by atomic mass is 9.88. The normalized spacial score (nSPS) is 13.7. The first kappa shape index (κ1) is 14.6. The van der Waals surface area contributed by atoms with Gasteiger partial charge in [-0.3, -0.25) is 0 Å². The van der Waals surface area contributed by atoms with E-state index >= 15 is 0 Å². The van der Waals surface area contributed by atoms with Crippen molar-refractivity contribution in [1.29, 1.82) is 0 Å². The third-order valence-corrected chi connectivity index (χ3v) is 4.26. The Morgan fingerprint density at radius 1 is 1.24 bits per heavy atom. The van der Waals surface area contributed by atoms with E-state index in [1.807, 2.05) is 11.8 Å². The third-order valence-electron chi connectivity index (χ3n) is 3.00. The van der Waals surface area contributed by atoms with Crippen LogP contribution >= 0.6 is 11.8 Å². The molecule has 2 heteroatoms. The number of hydrogen-bond acceptors (Lipinski definition) is 2. The van der Waals surface area contributed by atoms with Crippen LogP contribution in [0.4, 0.5) is 0 Å². The van der Waals surface area contributed by atoms with E-state index in [2.05, 4.69) is 64.2 Å². The average molecular weight is 251 g/mol. The lowest BCUT2D eigenvalue weighted by molar-refractivity contribution is 0.295. The van der Waals surface area contributed by atoms with Crippen LogP contribution in [0.25, 0.3) is 0 Å². The van der Waals surface area contributed by atoms with Gasteiger partial charge in [0.15, 0.2) is 0 Å². The van der Waals surface area contributed by atoms with Crippen LogP contribution in [0.2, 0.25) is 0 Å². The van der Waals surface area contributed by atoms with E-state index in [0.29, 0.717) is 11.5 Å².